The molecule has 0 aliphatic heterocycles. The Balaban J connectivity index is 3.48. The van der Waals surface area contributed by atoms with E-state index in [4.69, 9.17) is 21.8 Å². The molecule has 64 valence electrons. The van der Waals surface area contributed by atoms with Gasteiger partial charge in [-0.05, 0) is 0 Å². The zero-order valence-electron chi connectivity index (χ0n) is 5.67. The number of aromatic nitrogens is 1. The van der Waals surface area contributed by atoms with Crippen LogP contribution >= 0.6 is 11.6 Å². The van der Waals surface area contributed by atoms with Gasteiger partial charge in [-0.15, -0.1) is 0 Å². The molecule has 1 heterocycles. The first-order valence-electron chi connectivity index (χ1n) is 2.87. The van der Waals surface area contributed by atoms with Gasteiger partial charge >= 0.3 is 5.97 Å². The number of H-pyrrole nitrogens is 1. The van der Waals surface area contributed by atoms with Gasteiger partial charge in [0.15, 0.2) is 0 Å². The van der Waals surface area contributed by atoms with Crippen LogP contribution in [0.25, 0.3) is 0 Å². The van der Waals surface area contributed by atoms with Crippen LogP contribution in [0.1, 0.15) is 10.4 Å². The number of carboxylic acids is 1. The molecule has 0 fully saturated rings. The Kier molecular flexibility index (Phi) is 2.05. The van der Waals surface area contributed by atoms with Crippen LogP contribution in [0.3, 0.4) is 0 Å². The van der Waals surface area contributed by atoms with Crippen LogP contribution < -0.4 is 5.56 Å². The Morgan fingerprint density at radius 2 is 2.17 bits per heavy atom. The fraction of sp³-hybridized carbons (Fsp3) is 0. The van der Waals surface area contributed by atoms with Gasteiger partial charge in [0, 0.05) is 6.07 Å². The summed E-state index contributed by atoms with van der Waals surface area (Å²) in [7, 11) is 0. The molecule has 0 aliphatic rings. The fourth-order valence-electron chi connectivity index (χ4n) is 0.685. The Labute approximate surface area is 71.2 Å². The molecule has 6 heteroatoms. The molecule has 3 N–H and O–H groups in total. The number of pyridine rings is 1. The molecule has 1 aromatic rings. The molecule has 1 rings (SSSR count). The molecule has 0 atom stereocenters. The lowest BCUT2D eigenvalue weighted by Crippen LogP contribution is -2.09. The number of carbonyl (C=O) groups is 1. The highest BCUT2D eigenvalue weighted by Crippen LogP contribution is 2.22. The molecular weight excluding hydrogens is 186 g/mol. The van der Waals surface area contributed by atoms with Gasteiger partial charge in [-0.3, -0.25) is 9.78 Å². The van der Waals surface area contributed by atoms with E-state index in [0.717, 1.165) is 6.07 Å². The highest BCUT2D eigenvalue weighted by atomic mass is 35.5. The third-order valence-corrected chi connectivity index (χ3v) is 1.57. The second-order valence-corrected chi connectivity index (χ2v) is 2.39. The van der Waals surface area contributed by atoms with E-state index >= 15 is 0 Å². The molecule has 0 saturated heterocycles. The molecule has 1 aromatic heterocycles. The molecule has 12 heavy (non-hydrogen) atoms. The Hall–Kier alpha value is -1.49. The monoisotopic (exact) mass is 189 g/mol. The summed E-state index contributed by atoms with van der Waals surface area (Å²) in [6, 6.07) is 0.796. The Morgan fingerprint density at radius 3 is 2.67 bits per heavy atom. The van der Waals surface area contributed by atoms with Crippen molar-refractivity contribution >= 4 is 17.6 Å². The standard InChI is InChI=1S/C6H4ClNO4/c7-4-2(6(11)12)1-3(9)8-5(4)10/h1H,(H,11,12)(H2,8,9,10). The highest BCUT2D eigenvalue weighted by molar-refractivity contribution is 6.34. The van der Waals surface area contributed by atoms with Crippen LogP contribution in [0.5, 0.6) is 5.88 Å². The van der Waals surface area contributed by atoms with Crippen LogP contribution in [0.4, 0.5) is 0 Å². The summed E-state index contributed by atoms with van der Waals surface area (Å²) in [5.74, 6) is -2.00. The van der Waals surface area contributed by atoms with Gasteiger partial charge in [-0.2, -0.15) is 0 Å². The predicted octanol–water partition coefficient (Wildman–Crippen LogP) is 0.432. The number of rotatable bonds is 1. The number of carboxylic acid groups (broad SMARTS) is 1. The molecule has 0 amide bonds. The molecule has 0 unspecified atom stereocenters. The second-order valence-electron chi connectivity index (χ2n) is 2.02. The van der Waals surface area contributed by atoms with Crippen molar-refractivity contribution in [3.63, 3.8) is 0 Å². The average Bonchev–Trinajstić information content (AvgIpc) is 1.96. The summed E-state index contributed by atoms with van der Waals surface area (Å²) in [5.41, 5.74) is -1.13. The van der Waals surface area contributed by atoms with Crippen molar-refractivity contribution in [1.29, 1.82) is 0 Å². The van der Waals surface area contributed by atoms with E-state index in [2.05, 4.69) is 0 Å². The van der Waals surface area contributed by atoms with Crippen molar-refractivity contribution in [3.05, 3.63) is 27.0 Å². The first-order valence-corrected chi connectivity index (χ1v) is 3.25. The van der Waals surface area contributed by atoms with Gasteiger partial charge in [0.05, 0.1) is 5.56 Å². The van der Waals surface area contributed by atoms with Crippen LogP contribution in [0.15, 0.2) is 10.9 Å². The molecule has 0 radical (unpaired) electrons. The lowest BCUT2D eigenvalue weighted by atomic mass is 10.3. The Morgan fingerprint density at radius 1 is 1.58 bits per heavy atom. The normalized spacial score (nSPS) is 9.75. The van der Waals surface area contributed by atoms with Crippen molar-refractivity contribution in [1.82, 2.24) is 4.98 Å². The van der Waals surface area contributed by atoms with Crippen LogP contribution in [-0.2, 0) is 0 Å². The lowest BCUT2D eigenvalue weighted by Gasteiger charge is -1.98. The van der Waals surface area contributed by atoms with Gasteiger partial charge in [0.1, 0.15) is 5.02 Å². The quantitative estimate of drug-likeness (QED) is 0.598. The minimum atomic E-state index is -1.36. The van der Waals surface area contributed by atoms with Gasteiger partial charge in [-0.1, -0.05) is 11.6 Å². The number of aromatic carboxylic acids is 1. The molecule has 5 nitrogen and oxygen atoms in total. The van der Waals surface area contributed by atoms with E-state index in [0.29, 0.717) is 0 Å². The number of halogens is 1. The smallest absolute Gasteiger partial charge is 0.337 e. The van der Waals surface area contributed by atoms with E-state index < -0.39 is 23.0 Å². The number of hydrogen-bond acceptors (Lipinski definition) is 3. The predicted molar refractivity (Wildman–Crippen MR) is 40.7 cm³/mol. The first kappa shape index (κ1) is 8.61. The zero-order chi connectivity index (χ0) is 9.30. The van der Waals surface area contributed by atoms with Crippen molar-refractivity contribution in [2.75, 3.05) is 0 Å². The van der Waals surface area contributed by atoms with Gasteiger partial charge < -0.3 is 10.2 Å². The number of aromatic amines is 1. The topological polar surface area (TPSA) is 90.4 Å². The van der Waals surface area contributed by atoms with Crippen molar-refractivity contribution in [2.45, 2.75) is 0 Å². The number of nitrogens with one attached hydrogen (secondary N) is 1. The van der Waals surface area contributed by atoms with Crippen molar-refractivity contribution < 1.29 is 15.0 Å². The maximum Gasteiger partial charge on any atom is 0.337 e. The lowest BCUT2D eigenvalue weighted by molar-refractivity contribution is 0.0696. The maximum atomic E-state index is 10.6. The van der Waals surface area contributed by atoms with E-state index in [1.165, 1.54) is 0 Å². The number of hydrogen-bond donors (Lipinski definition) is 3. The van der Waals surface area contributed by atoms with E-state index in [9.17, 15) is 9.59 Å². The molecule has 0 saturated carbocycles. The minimum absolute atomic E-state index is 0.373. The van der Waals surface area contributed by atoms with Crippen LogP contribution in [0.2, 0.25) is 5.02 Å². The third-order valence-electron chi connectivity index (χ3n) is 1.19. The van der Waals surface area contributed by atoms with E-state index in [-0.39, 0.29) is 5.02 Å². The van der Waals surface area contributed by atoms with Crippen LogP contribution in [-0.4, -0.2) is 21.2 Å². The fourth-order valence-corrected chi connectivity index (χ4v) is 0.868. The molecular formula is C6H4ClNO4. The molecule has 0 bridgehead atoms. The van der Waals surface area contributed by atoms with Gasteiger partial charge in [0.25, 0.3) is 5.56 Å². The molecule has 0 aliphatic carbocycles. The summed E-state index contributed by atoms with van der Waals surface area (Å²) < 4.78 is 0. The van der Waals surface area contributed by atoms with E-state index in [1.54, 1.807) is 0 Å². The first-order chi connectivity index (χ1) is 5.52. The Bertz CT molecular complexity index is 384. The average molecular weight is 190 g/mol. The minimum Gasteiger partial charge on any atom is -0.493 e. The maximum absolute atomic E-state index is 10.6. The summed E-state index contributed by atoms with van der Waals surface area (Å²) in [4.78, 5) is 22.9. The van der Waals surface area contributed by atoms with Crippen LogP contribution in [0, 0.1) is 0 Å². The summed E-state index contributed by atoms with van der Waals surface area (Å²) >= 11 is 5.36. The largest absolute Gasteiger partial charge is 0.493 e. The third kappa shape index (κ3) is 1.40. The van der Waals surface area contributed by atoms with Gasteiger partial charge in [0.2, 0.25) is 5.88 Å². The zero-order valence-corrected chi connectivity index (χ0v) is 6.42. The van der Waals surface area contributed by atoms with Crippen molar-refractivity contribution in [2.24, 2.45) is 0 Å². The number of aromatic hydroxyl groups is 1. The SMILES string of the molecule is O=C(O)c1cc(=O)[nH]c(O)c1Cl. The molecule has 0 aromatic carbocycles. The summed E-state index contributed by atoms with van der Waals surface area (Å²) in [5, 5.41) is 17.0. The molecule has 0 spiro atoms. The highest BCUT2D eigenvalue weighted by Gasteiger charge is 2.13. The summed E-state index contributed by atoms with van der Waals surface area (Å²) in [6.07, 6.45) is 0. The van der Waals surface area contributed by atoms with Gasteiger partial charge in [-0.25, -0.2) is 4.79 Å². The van der Waals surface area contributed by atoms with E-state index in [1.807, 2.05) is 4.98 Å². The summed E-state index contributed by atoms with van der Waals surface area (Å²) in [6.45, 7) is 0. The second kappa shape index (κ2) is 2.86. The van der Waals surface area contributed by atoms with Crippen molar-refractivity contribution in [3.8, 4) is 5.88 Å².